The van der Waals surface area contributed by atoms with Gasteiger partial charge in [-0.05, 0) is 80.3 Å². The number of carbonyl (C=O) groups is 2. The molecule has 2 N–H and O–H groups in total. The summed E-state index contributed by atoms with van der Waals surface area (Å²) in [4.78, 5) is 37.7. The first kappa shape index (κ1) is 27.8. The number of hydrogen-bond donors (Lipinski definition) is 2. The Kier molecular flexibility index (Phi) is 9.08. The van der Waals surface area contributed by atoms with E-state index in [-0.39, 0.29) is 11.8 Å². The predicted octanol–water partition coefficient (Wildman–Crippen LogP) is 4.28. The molecule has 3 aromatic rings. The van der Waals surface area contributed by atoms with Gasteiger partial charge in [0.05, 0.1) is 11.4 Å². The normalized spacial score (nSPS) is 16.0. The van der Waals surface area contributed by atoms with E-state index in [9.17, 15) is 9.59 Å². The zero-order valence-electron chi connectivity index (χ0n) is 23.7. The zero-order chi connectivity index (χ0) is 27.9. The van der Waals surface area contributed by atoms with Crippen molar-refractivity contribution in [2.45, 2.75) is 26.2 Å². The van der Waals surface area contributed by atoms with Crippen molar-refractivity contribution in [2.75, 3.05) is 69.6 Å². The quantitative estimate of drug-likeness (QED) is 0.444. The van der Waals surface area contributed by atoms with Gasteiger partial charge < -0.3 is 20.4 Å². The fourth-order valence-corrected chi connectivity index (χ4v) is 5.42. The van der Waals surface area contributed by atoms with Crippen LogP contribution in [0.4, 0.5) is 11.4 Å². The number of carbonyl (C=O) groups excluding carboxylic acids is 2. The van der Waals surface area contributed by atoms with Crippen LogP contribution in [0.1, 0.15) is 45.5 Å². The number of aromatic nitrogens is 1. The second-order valence-corrected chi connectivity index (χ2v) is 10.8. The average molecular weight is 541 g/mol. The third-order valence-electron chi connectivity index (χ3n) is 7.84. The summed E-state index contributed by atoms with van der Waals surface area (Å²) in [5.74, 6) is -0.335. The number of rotatable bonds is 8. The molecule has 8 nitrogen and oxygen atoms in total. The maximum Gasteiger partial charge on any atom is 0.255 e. The Bertz CT molecular complexity index is 1330. The monoisotopic (exact) mass is 540 g/mol. The molecule has 0 radical (unpaired) electrons. The fourth-order valence-electron chi connectivity index (χ4n) is 5.42. The third kappa shape index (κ3) is 6.87. The van der Waals surface area contributed by atoms with Gasteiger partial charge in [-0.25, -0.2) is 0 Å². The molecule has 0 bridgehead atoms. The summed E-state index contributed by atoms with van der Waals surface area (Å²) in [5.41, 5.74) is 5.63. The number of benzene rings is 2. The highest BCUT2D eigenvalue weighted by Crippen LogP contribution is 2.33. The number of amides is 2. The second kappa shape index (κ2) is 13.1. The van der Waals surface area contributed by atoms with Crippen LogP contribution in [0.25, 0.3) is 11.3 Å². The third-order valence-corrected chi connectivity index (χ3v) is 7.84. The zero-order valence-corrected chi connectivity index (χ0v) is 23.7. The summed E-state index contributed by atoms with van der Waals surface area (Å²) in [6.07, 6.45) is 5.45. The highest BCUT2D eigenvalue weighted by molar-refractivity contribution is 6.08. The number of pyridine rings is 1. The van der Waals surface area contributed by atoms with Gasteiger partial charge in [0, 0.05) is 88.0 Å². The van der Waals surface area contributed by atoms with Gasteiger partial charge in [0.1, 0.15) is 0 Å². The topological polar surface area (TPSA) is 80.8 Å². The Labute approximate surface area is 237 Å². The van der Waals surface area contributed by atoms with Gasteiger partial charge in [-0.15, -0.1) is 0 Å². The number of likely N-dealkylation sites (N-methyl/N-ethyl adjacent to an activating group) is 1. The van der Waals surface area contributed by atoms with E-state index >= 15 is 0 Å². The fraction of sp³-hybridized carbons (Fsp3) is 0.406. The standard InChI is InChI=1S/C32H40N6O2/c1-24-11-12-34-30(21-24)28-23-27(38-15-4-3-5-16-38)9-10-29(28)35-31(39)25-7-6-8-26(22-25)32(40)36(2)19-20-37-17-13-33-14-18-37/h6-12,21-23,33H,3-5,13-20H2,1-2H3,(H,35,39). The summed E-state index contributed by atoms with van der Waals surface area (Å²) < 4.78 is 0. The van der Waals surface area contributed by atoms with Gasteiger partial charge in [-0.3, -0.25) is 19.5 Å². The van der Waals surface area contributed by atoms with Gasteiger partial charge >= 0.3 is 0 Å². The van der Waals surface area contributed by atoms with Crippen LogP contribution in [0.3, 0.4) is 0 Å². The highest BCUT2D eigenvalue weighted by atomic mass is 16.2. The first-order chi connectivity index (χ1) is 19.5. The molecule has 2 aliphatic rings. The minimum absolute atomic E-state index is 0.0830. The number of anilines is 2. The summed E-state index contributed by atoms with van der Waals surface area (Å²) in [7, 11) is 1.82. The van der Waals surface area contributed by atoms with E-state index in [0.29, 0.717) is 23.4 Å². The van der Waals surface area contributed by atoms with Gasteiger partial charge in [-0.1, -0.05) is 6.07 Å². The van der Waals surface area contributed by atoms with Crippen molar-refractivity contribution >= 4 is 23.2 Å². The molecule has 2 amide bonds. The van der Waals surface area contributed by atoms with E-state index < -0.39 is 0 Å². The first-order valence-corrected chi connectivity index (χ1v) is 14.4. The molecule has 210 valence electrons. The smallest absolute Gasteiger partial charge is 0.255 e. The number of piperidine rings is 1. The Balaban J connectivity index is 1.33. The minimum Gasteiger partial charge on any atom is -0.372 e. The molecule has 3 heterocycles. The lowest BCUT2D eigenvalue weighted by atomic mass is 10.0. The summed E-state index contributed by atoms with van der Waals surface area (Å²) >= 11 is 0. The summed E-state index contributed by atoms with van der Waals surface area (Å²) in [6.45, 7) is 9.57. The van der Waals surface area contributed by atoms with Gasteiger partial charge in [0.25, 0.3) is 11.8 Å². The Morgan fingerprint density at radius 3 is 2.50 bits per heavy atom. The van der Waals surface area contributed by atoms with Crippen LogP contribution in [-0.4, -0.2) is 86.0 Å². The van der Waals surface area contributed by atoms with Crippen LogP contribution in [0.2, 0.25) is 0 Å². The van der Waals surface area contributed by atoms with E-state index in [1.165, 1.54) is 19.3 Å². The molecule has 0 saturated carbocycles. The van der Waals surface area contributed by atoms with Crippen molar-refractivity contribution in [3.8, 4) is 11.3 Å². The van der Waals surface area contributed by atoms with Crippen molar-refractivity contribution < 1.29 is 9.59 Å². The van der Waals surface area contributed by atoms with Gasteiger partial charge in [0.15, 0.2) is 0 Å². The lowest BCUT2D eigenvalue weighted by Gasteiger charge is -2.29. The van der Waals surface area contributed by atoms with Crippen LogP contribution < -0.4 is 15.5 Å². The van der Waals surface area contributed by atoms with Crippen molar-refractivity contribution in [3.05, 3.63) is 77.5 Å². The van der Waals surface area contributed by atoms with Crippen LogP contribution >= 0.6 is 0 Å². The number of piperazine rings is 1. The lowest BCUT2D eigenvalue weighted by Crippen LogP contribution is -2.46. The summed E-state index contributed by atoms with van der Waals surface area (Å²) in [6, 6.07) is 17.2. The van der Waals surface area contributed by atoms with Crippen molar-refractivity contribution in [2.24, 2.45) is 0 Å². The van der Waals surface area contributed by atoms with Crippen LogP contribution in [0.15, 0.2) is 60.8 Å². The molecular formula is C32H40N6O2. The second-order valence-electron chi connectivity index (χ2n) is 10.8. The molecule has 2 aromatic carbocycles. The molecule has 0 atom stereocenters. The van der Waals surface area contributed by atoms with Crippen LogP contribution in [-0.2, 0) is 0 Å². The molecule has 5 rings (SSSR count). The Morgan fingerprint density at radius 2 is 1.73 bits per heavy atom. The number of nitrogens with zero attached hydrogens (tertiary/aromatic N) is 4. The van der Waals surface area contributed by atoms with Crippen molar-refractivity contribution in [1.82, 2.24) is 20.1 Å². The Hall–Kier alpha value is -3.75. The van der Waals surface area contributed by atoms with E-state index in [0.717, 1.165) is 68.3 Å². The highest BCUT2D eigenvalue weighted by Gasteiger charge is 2.19. The maximum atomic E-state index is 13.4. The minimum atomic E-state index is -0.252. The molecule has 0 unspecified atom stereocenters. The van der Waals surface area contributed by atoms with Crippen LogP contribution in [0.5, 0.6) is 0 Å². The van der Waals surface area contributed by atoms with E-state index in [2.05, 4.69) is 37.6 Å². The van der Waals surface area contributed by atoms with Crippen molar-refractivity contribution in [1.29, 1.82) is 0 Å². The van der Waals surface area contributed by atoms with E-state index in [1.807, 2.05) is 32.2 Å². The average Bonchev–Trinajstić information content (AvgIpc) is 3.00. The number of hydrogen-bond acceptors (Lipinski definition) is 6. The lowest BCUT2D eigenvalue weighted by molar-refractivity contribution is 0.0775. The van der Waals surface area contributed by atoms with Gasteiger partial charge in [-0.2, -0.15) is 0 Å². The van der Waals surface area contributed by atoms with Gasteiger partial charge in [0.2, 0.25) is 0 Å². The van der Waals surface area contributed by atoms with E-state index in [1.54, 1.807) is 35.4 Å². The molecule has 2 aliphatic heterocycles. The molecule has 0 aliphatic carbocycles. The molecule has 0 spiro atoms. The molecule has 1 aromatic heterocycles. The number of aryl methyl sites for hydroxylation is 1. The number of nitrogens with one attached hydrogen (secondary N) is 2. The predicted molar refractivity (Wildman–Crippen MR) is 161 cm³/mol. The molecule has 8 heteroatoms. The first-order valence-electron chi connectivity index (χ1n) is 14.4. The molecule has 2 saturated heterocycles. The molecule has 40 heavy (non-hydrogen) atoms. The maximum absolute atomic E-state index is 13.4. The van der Waals surface area contributed by atoms with Crippen molar-refractivity contribution in [3.63, 3.8) is 0 Å². The van der Waals surface area contributed by atoms with Crippen LogP contribution in [0, 0.1) is 6.92 Å². The molecule has 2 fully saturated rings. The Morgan fingerprint density at radius 1 is 0.950 bits per heavy atom. The molecular weight excluding hydrogens is 500 g/mol. The SMILES string of the molecule is Cc1ccnc(-c2cc(N3CCCCC3)ccc2NC(=O)c2cccc(C(=O)N(C)CCN3CCNCC3)c2)c1. The van der Waals surface area contributed by atoms with E-state index in [4.69, 9.17) is 0 Å². The largest absolute Gasteiger partial charge is 0.372 e. The summed E-state index contributed by atoms with van der Waals surface area (Å²) in [5, 5.41) is 6.46.